The van der Waals surface area contributed by atoms with E-state index in [1.807, 2.05) is 24.5 Å². The lowest BCUT2D eigenvalue weighted by molar-refractivity contribution is -0.155. The Morgan fingerprint density at radius 3 is 1.82 bits per heavy atom. The van der Waals surface area contributed by atoms with Gasteiger partial charge in [-0.05, 0) is 30.5 Å². The summed E-state index contributed by atoms with van der Waals surface area (Å²) in [5.41, 5.74) is -2.01. The predicted molar refractivity (Wildman–Crippen MR) is 60.2 cm³/mol. The minimum atomic E-state index is -2.01. The number of dihydropyridines is 1. The van der Waals surface area contributed by atoms with Crippen LogP contribution in [0.25, 0.3) is 0 Å². The summed E-state index contributed by atoms with van der Waals surface area (Å²) >= 11 is 0. The van der Waals surface area contributed by atoms with E-state index in [0.29, 0.717) is 0 Å². The van der Waals surface area contributed by atoms with Crippen LogP contribution >= 0.6 is 0 Å². The van der Waals surface area contributed by atoms with Gasteiger partial charge < -0.3 is 20.5 Å². The second-order valence-electron chi connectivity index (χ2n) is 3.17. The van der Waals surface area contributed by atoms with Gasteiger partial charge in [-0.3, -0.25) is 0 Å². The fraction of sp³-hybridized carbons (Fsp3) is 0.0909. The number of nitrogens with one attached hydrogen (secondary N) is 2. The van der Waals surface area contributed by atoms with Gasteiger partial charge in [-0.2, -0.15) is 0 Å². The van der Waals surface area contributed by atoms with E-state index in [4.69, 9.17) is 10.2 Å². The Morgan fingerprint density at radius 1 is 1.00 bits per heavy atom. The topological polar surface area (TPSA) is 102 Å². The summed E-state index contributed by atoms with van der Waals surface area (Å²) in [5, 5.41) is 19.5. The number of carboxylic acids is 2. The maximum atomic E-state index is 10.6. The fourth-order valence-corrected chi connectivity index (χ4v) is 1.12. The van der Waals surface area contributed by atoms with Crippen LogP contribution in [0.4, 0.5) is 0 Å². The number of rotatable bonds is 2. The van der Waals surface area contributed by atoms with Crippen molar-refractivity contribution in [3.05, 3.63) is 49.0 Å². The van der Waals surface area contributed by atoms with Gasteiger partial charge in [-0.1, -0.05) is 6.08 Å². The molecule has 2 rings (SSSR count). The van der Waals surface area contributed by atoms with Crippen LogP contribution in [0.2, 0.25) is 0 Å². The maximum absolute atomic E-state index is 10.6. The molecule has 1 aromatic rings. The molecule has 0 aliphatic carbocycles. The highest BCUT2D eigenvalue weighted by Crippen LogP contribution is 2.11. The highest BCUT2D eigenvalue weighted by atomic mass is 16.4. The molecule has 0 spiro atoms. The standard InChI is InChI=1S/C7H7NO4.C4H5N/c9-5(10)7(6(11)12)3-1-2-4-8-7;1-2-4-5-3-1/h1-4,8H,(H,9,10)(H,11,12);1-5H. The van der Waals surface area contributed by atoms with Gasteiger partial charge in [0.15, 0.2) is 0 Å². The van der Waals surface area contributed by atoms with Crippen LogP contribution in [0.5, 0.6) is 0 Å². The summed E-state index contributed by atoms with van der Waals surface area (Å²) < 4.78 is 0. The highest BCUT2D eigenvalue weighted by molar-refractivity contribution is 6.06. The maximum Gasteiger partial charge on any atom is 0.345 e. The van der Waals surface area contributed by atoms with Gasteiger partial charge in [-0.15, -0.1) is 0 Å². The lowest BCUT2D eigenvalue weighted by atomic mass is 9.98. The third-order valence-electron chi connectivity index (χ3n) is 2.04. The minimum Gasteiger partial charge on any atom is -0.479 e. The molecule has 0 fully saturated rings. The highest BCUT2D eigenvalue weighted by Gasteiger charge is 2.44. The molecule has 1 aromatic heterocycles. The summed E-state index contributed by atoms with van der Waals surface area (Å²) in [4.78, 5) is 24.0. The fourth-order valence-electron chi connectivity index (χ4n) is 1.12. The summed E-state index contributed by atoms with van der Waals surface area (Å²) in [6.07, 6.45) is 9.00. The molecule has 2 heterocycles. The molecular formula is C11H12N2O4. The Bertz CT molecular complexity index is 403. The van der Waals surface area contributed by atoms with Crippen LogP contribution in [-0.2, 0) is 9.59 Å². The number of aromatic nitrogens is 1. The first kappa shape index (κ1) is 12.6. The van der Waals surface area contributed by atoms with E-state index in [1.54, 1.807) is 0 Å². The number of carboxylic acid groups (broad SMARTS) is 2. The van der Waals surface area contributed by atoms with Crippen molar-refractivity contribution in [2.24, 2.45) is 0 Å². The molecule has 6 heteroatoms. The van der Waals surface area contributed by atoms with Crippen molar-refractivity contribution in [2.75, 3.05) is 0 Å². The van der Waals surface area contributed by atoms with Crippen molar-refractivity contribution in [2.45, 2.75) is 5.54 Å². The van der Waals surface area contributed by atoms with E-state index < -0.39 is 17.5 Å². The first-order valence-electron chi connectivity index (χ1n) is 4.76. The number of H-pyrrole nitrogens is 1. The molecule has 0 saturated heterocycles. The molecule has 0 aromatic carbocycles. The summed E-state index contributed by atoms with van der Waals surface area (Å²) in [6.45, 7) is 0. The number of aliphatic carboxylic acids is 2. The van der Waals surface area contributed by atoms with Gasteiger partial charge >= 0.3 is 11.9 Å². The van der Waals surface area contributed by atoms with Crippen molar-refractivity contribution in [1.29, 1.82) is 0 Å². The van der Waals surface area contributed by atoms with Gasteiger partial charge in [0, 0.05) is 12.4 Å². The van der Waals surface area contributed by atoms with Gasteiger partial charge in [0.2, 0.25) is 0 Å². The number of aromatic amines is 1. The van der Waals surface area contributed by atoms with Crippen molar-refractivity contribution in [3.8, 4) is 0 Å². The smallest absolute Gasteiger partial charge is 0.345 e. The molecule has 90 valence electrons. The average molecular weight is 236 g/mol. The van der Waals surface area contributed by atoms with E-state index in [0.717, 1.165) is 6.08 Å². The number of hydrogen-bond acceptors (Lipinski definition) is 3. The molecule has 17 heavy (non-hydrogen) atoms. The molecule has 0 unspecified atom stereocenters. The first-order valence-corrected chi connectivity index (χ1v) is 4.76. The van der Waals surface area contributed by atoms with Gasteiger partial charge in [0.1, 0.15) is 0 Å². The Labute approximate surface area is 97.3 Å². The molecule has 1 aliphatic rings. The number of allylic oxidation sites excluding steroid dienone is 2. The zero-order valence-electron chi connectivity index (χ0n) is 8.83. The zero-order valence-corrected chi connectivity index (χ0v) is 8.83. The van der Waals surface area contributed by atoms with E-state index in [-0.39, 0.29) is 0 Å². The van der Waals surface area contributed by atoms with Crippen LogP contribution < -0.4 is 5.32 Å². The molecule has 0 bridgehead atoms. The molecule has 0 amide bonds. The average Bonchev–Trinajstić information content (AvgIpc) is 2.88. The van der Waals surface area contributed by atoms with Crippen molar-refractivity contribution in [1.82, 2.24) is 10.3 Å². The van der Waals surface area contributed by atoms with Gasteiger partial charge in [0.25, 0.3) is 5.54 Å². The number of hydrogen-bond donors (Lipinski definition) is 4. The van der Waals surface area contributed by atoms with Crippen molar-refractivity contribution >= 4 is 11.9 Å². The van der Waals surface area contributed by atoms with Crippen molar-refractivity contribution < 1.29 is 19.8 Å². The van der Waals surface area contributed by atoms with Crippen LogP contribution in [-0.4, -0.2) is 32.7 Å². The van der Waals surface area contributed by atoms with E-state index in [9.17, 15) is 9.59 Å². The Kier molecular flexibility index (Phi) is 4.10. The molecule has 0 atom stereocenters. The predicted octanol–water partition coefficient (Wildman–Crippen LogP) is 0.582. The Balaban J connectivity index is 0.000000239. The summed E-state index contributed by atoms with van der Waals surface area (Å²) in [7, 11) is 0. The molecule has 1 aliphatic heterocycles. The van der Waals surface area contributed by atoms with Crippen LogP contribution in [0.3, 0.4) is 0 Å². The van der Waals surface area contributed by atoms with Crippen molar-refractivity contribution in [3.63, 3.8) is 0 Å². The molecule has 0 radical (unpaired) electrons. The number of carbonyl (C=O) groups is 2. The van der Waals surface area contributed by atoms with E-state index in [2.05, 4.69) is 10.3 Å². The van der Waals surface area contributed by atoms with E-state index >= 15 is 0 Å². The zero-order chi connectivity index (χ0) is 12.7. The molecule has 4 N–H and O–H groups in total. The van der Waals surface area contributed by atoms with Crippen LogP contribution in [0, 0.1) is 0 Å². The normalized spacial score (nSPS) is 15.3. The minimum absolute atomic E-state index is 1.08. The summed E-state index contributed by atoms with van der Waals surface area (Å²) in [6, 6.07) is 3.89. The lowest BCUT2D eigenvalue weighted by Crippen LogP contribution is -2.55. The Hall–Kier alpha value is -2.50. The summed E-state index contributed by atoms with van der Waals surface area (Å²) in [5.74, 6) is -2.87. The largest absolute Gasteiger partial charge is 0.479 e. The van der Waals surface area contributed by atoms with Gasteiger partial charge in [0.05, 0.1) is 0 Å². The SMILES string of the molecule is O=C(O)C1(C(=O)O)C=CC=CN1.c1cc[nH]c1. The monoisotopic (exact) mass is 236 g/mol. The second-order valence-corrected chi connectivity index (χ2v) is 3.17. The van der Waals surface area contributed by atoms with Gasteiger partial charge in [-0.25, -0.2) is 9.59 Å². The third-order valence-corrected chi connectivity index (χ3v) is 2.04. The second kappa shape index (κ2) is 5.55. The first-order chi connectivity index (χ1) is 8.09. The molecular weight excluding hydrogens is 224 g/mol. The quantitative estimate of drug-likeness (QED) is 0.562. The third kappa shape index (κ3) is 2.97. The molecule has 0 saturated carbocycles. The Morgan fingerprint density at radius 2 is 1.59 bits per heavy atom. The lowest BCUT2D eigenvalue weighted by Gasteiger charge is -2.22. The van der Waals surface area contributed by atoms with E-state index in [1.165, 1.54) is 18.4 Å². The molecule has 6 nitrogen and oxygen atoms in total. The van der Waals surface area contributed by atoms with Crippen LogP contribution in [0.1, 0.15) is 0 Å². The van der Waals surface area contributed by atoms with Crippen LogP contribution in [0.15, 0.2) is 49.0 Å².